The first-order chi connectivity index (χ1) is 14.7. The molecule has 4 rings (SSSR count). The van der Waals surface area contributed by atoms with E-state index in [9.17, 15) is 4.79 Å². The molecule has 0 aliphatic carbocycles. The molecule has 0 bridgehead atoms. The zero-order valence-corrected chi connectivity index (χ0v) is 19.7. The van der Waals surface area contributed by atoms with Gasteiger partial charge in [0.25, 0.3) is 0 Å². The number of thioether (sulfide) groups is 2. The SMILES string of the molecule is CSc1ccc2nc(N3CCN(C(=O)CCCSCc4ccccc4)CC3)sc2c1. The van der Waals surface area contributed by atoms with Crippen LogP contribution in [0.25, 0.3) is 10.2 Å². The van der Waals surface area contributed by atoms with Crippen LogP contribution in [0.3, 0.4) is 0 Å². The minimum absolute atomic E-state index is 0.295. The van der Waals surface area contributed by atoms with Crippen LogP contribution in [-0.4, -0.2) is 54.0 Å². The molecule has 0 saturated carbocycles. The van der Waals surface area contributed by atoms with E-state index >= 15 is 0 Å². The van der Waals surface area contributed by atoms with Crippen molar-refractivity contribution in [3.8, 4) is 0 Å². The van der Waals surface area contributed by atoms with Crippen LogP contribution in [0.5, 0.6) is 0 Å². The van der Waals surface area contributed by atoms with Crippen LogP contribution in [0, 0.1) is 0 Å². The second-order valence-electron chi connectivity index (χ2n) is 7.34. The summed E-state index contributed by atoms with van der Waals surface area (Å²) in [7, 11) is 0. The summed E-state index contributed by atoms with van der Waals surface area (Å²) in [5, 5.41) is 1.08. The van der Waals surface area contributed by atoms with E-state index in [0.717, 1.165) is 54.8 Å². The highest BCUT2D eigenvalue weighted by Crippen LogP contribution is 2.32. The number of fused-ring (bicyclic) bond motifs is 1. The second kappa shape index (κ2) is 10.6. The first-order valence-electron chi connectivity index (χ1n) is 10.3. The van der Waals surface area contributed by atoms with Crippen molar-refractivity contribution >= 4 is 56.1 Å². The van der Waals surface area contributed by atoms with Crippen LogP contribution in [-0.2, 0) is 10.5 Å². The molecule has 0 radical (unpaired) electrons. The van der Waals surface area contributed by atoms with Crippen LogP contribution in [0.2, 0.25) is 0 Å². The molecule has 7 heteroatoms. The summed E-state index contributed by atoms with van der Waals surface area (Å²) < 4.78 is 1.24. The smallest absolute Gasteiger partial charge is 0.222 e. The summed E-state index contributed by atoms with van der Waals surface area (Å²) in [6.45, 7) is 3.32. The third-order valence-electron chi connectivity index (χ3n) is 5.28. The van der Waals surface area contributed by atoms with Crippen LogP contribution in [0.15, 0.2) is 53.4 Å². The summed E-state index contributed by atoms with van der Waals surface area (Å²) in [6, 6.07) is 17.0. The average molecular weight is 458 g/mol. The highest BCUT2D eigenvalue weighted by molar-refractivity contribution is 7.98. The molecule has 0 atom stereocenters. The summed E-state index contributed by atoms with van der Waals surface area (Å²) in [5.41, 5.74) is 2.42. The Kier molecular flexibility index (Phi) is 7.57. The molecule has 1 amide bonds. The molecule has 30 heavy (non-hydrogen) atoms. The van der Waals surface area contributed by atoms with Gasteiger partial charge >= 0.3 is 0 Å². The van der Waals surface area contributed by atoms with Crippen molar-refractivity contribution in [3.63, 3.8) is 0 Å². The fraction of sp³-hybridized carbons (Fsp3) is 0.391. The number of carbonyl (C=O) groups excluding carboxylic acids is 1. The Balaban J connectivity index is 1.20. The predicted octanol–water partition coefficient (Wildman–Crippen LogP) is 5.38. The Bertz CT molecular complexity index is 968. The van der Waals surface area contributed by atoms with Gasteiger partial charge in [-0.25, -0.2) is 4.98 Å². The van der Waals surface area contributed by atoms with Crippen LogP contribution >= 0.6 is 34.9 Å². The van der Waals surface area contributed by atoms with E-state index in [-0.39, 0.29) is 0 Å². The van der Waals surface area contributed by atoms with Gasteiger partial charge in [0.2, 0.25) is 5.91 Å². The lowest BCUT2D eigenvalue weighted by atomic mass is 10.2. The number of benzene rings is 2. The molecule has 2 heterocycles. The Labute approximate surface area is 191 Å². The fourth-order valence-electron chi connectivity index (χ4n) is 3.55. The molecule has 0 spiro atoms. The maximum Gasteiger partial charge on any atom is 0.222 e. The molecule has 1 aromatic heterocycles. The average Bonchev–Trinajstić information content (AvgIpc) is 3.23. The van der Waals surface area contributed by atoms with Crippen molar-refractivity contribution < 1.29 is 4.79 Å². The van der Waals surface area contributed by atoms with Crippen molar-refractivity contribution in [1.29, 1.82) is 0 Å². The van der Waals surface area contributed by atoms with Gasteiger partial charge in [-0.2, -0.15) is 11.8 Å². The highest BCUT2D eigenvalue weighted by Gasteiger charge is 2.22. The number of hydrogen-bond acceptors (Lipinski definition) is 6. The standard InChI is InChI=1S/C23H27N3OS3/c1-28-19-9-10-20-21(16-19)30-23(24-20)26-13-11-25(12-14-26)22(27)8-5-15-29-17-18-6-3-2-4-7-18/h2-4,6-7,9-10,16H,5,8,11-15,17H2,1H3. The van der Waals surface area contributed by atoms with Crippen LogP contribution in [0.1, 0.15) is 18.4 Å². The third-order valence-corrected chi connectivity index (χ3v) is 8.20. The van der Waals surface area contributed by atoms with Gasteiger partial charge in [0.05, 0.1) is 10.2 Å². The summed E-state index contributed by atoms with van der Waals surface area (Å²) in [6.07, 6.45) is 3.70. The Morgan fingerprint density at radius 2 is 1.90 bits per heavy atom. The molecule has 0 unspecified atom stereocenters. The fourth-order valence-corrected chi connectivity index (χ4v) is 6.04. The van der Waals surface area contributed by atoms with Crippen LogP contribution < -0.4 is 4.90 Å². The Morgan fingerprint density at radius 3 is 2.67 bits per heavy atom. The van der Waals surface area contributed by atoms with E-state index < -0.39 is 0 Å². The van der Waals surface area contributed by atoms with Gasteiger partial charge in [-0.3, -0.25) is 4.79 Å². The lowest BCUT2D eigenvalue weighted by Gasteiger charge is -2.34. The molecular weight excluding hydrogens is 430 g/mol. The number of anilines is 1. The number of hydrogen-bond donors (Lipinski definition) is 0. The topological polar surface area (TPSA) is 36.4 Å². The summed E-state index contributed by atoms with van der Waals surface area (Å²) in [4.78, 5) is 23.0. The summed E-state index contributed by atoms with van der Waals surface area (Å²) >= 11 is 5.43. The Morgan fingerprint density at radius 1 is 1.10 bits per heavy atom. The van der Waals surface area contributed by atoms with Crippen LogP contribution in [0.4, 0.5) is 5.13 Å². The van der Waals surface area contributed by atoms with Crippen molar-refractivity contribution in [1.82, 2.24) is 9.88 Å². The Hall–Kier alpha value is -1.70. The van der Waals surface area contributed by atoms with Gasteiger partial charge in [-0.1, -0.05) is 41.7 Å². The van der Waals surface area contributed by atoms with Gasteiger partial charge in [0.15, 0.2) is 5.13 Å². The molecule has 1 aliphatic heterocycles. The molecule has 1 saturated heterocycles. The lowest BCUT2D eigenvalue weighted by molar-refractivity contribution is -0.131. The van der Waals surface area contributed by atoms with Crippen molar-refractivity contribution in [2.45, 2.75) is 23.5 Å². The van der Waals surface area contributed by atoms with Gasteiger partial charge in [-0.05, 0) is 42.2 Å². The maximum atomic E-state index is 12.6. The molecule has 4 nitrogen and oxygen atoms in total. The van der Waals surface area contributed by atoms with Crippen molar-refractivity contribution in [2.75, 3.05) is 43.1 Å². The quantitative estimate of drug-likeness (QED) is 0.335. The summed E-state index contributed by atoms with van der Waals surface area (Å²) in [5.74, 6) is 2.35. The first kappa shape index (κ1) is 21.5. The monoisotopic (exact) mass is 457 g/mol. The number of aromatic nitrogens is 1. The minimum atomic E-state index is 0.295. The second-order valence-corrected chi connectivity index (χ2v) is 10.3. The molecule has 3 aromatic rings. The van der Waals surface area contributed by atoms with E-state index in [2.05, 4.69) is 53.6 Å². The maximum absolute atomic E-state index is 12.6. The van der Waals surface area contributed by atoms with E-state index in [4.69, 9.17) is 4.98 Å². The molecule has 0 N–H and O–H groups in total. The number of nitrogens with zero attached hydrogens (tertiary/aromatic N) is 3. The normalized spacial score (nSPS) is 14.4. The number of thiazole rings is 1. The number of rotatable bonds is 8. The van der Waals surface area contributed by atoms with E-state index in [1.165, 1.54) is 15.2 Å². The molecule has 2 aromatic carbocycles. The molecule has 158 valence electrons. The van der Waals surface area contributed by atoms with Gasteiger partial charge < -0.3 is 9.80 Å². The van der Waals surface area contributed by atoms with Gasteiger partial charge in [0.1, 0.15) is 0 Å². The lowest BCUT2D eigenvalue weighted by Crippen LogP contribution is -2.48. The zero-order chi connectivity index (χ0) is 20.8. The zero-order valence-electron chi connectivity index (χ0n) is 17.3. The number of carbonyl (C=O) groups is 1. The van der Waals surface area contributed by atoms with E-state index in [1.54, 1.807) is 23.1 Å². The minimum Gasteiger partial charge on any atom is -0.345 e. The van der Waals surface area contributed by atoms with Gasteiger partial charge in [-0.15, -0.1) is 11.8 Å². The van der Waals surface area contributed by atoms with Crippen molar-refractivity contribution in [3.05, 3.63) is 54.1 Å². The number of piperazine rings is 1. The van der Waals surface area contributed by atoms with E-state index in [1.807, 2.05) is 22.7 Å². The molecular formula is C23H27N3OS3. The molecule has 1 aliphatic rings. The third kappa shape index (κ3) is 5.50. The number of amides is 1. The predicted molar refractivity (Wildman–Crippen MR) is 132 cm³/mol. The molecule has 1 fully saturated rings. The van der Waals surface area contributed by atoms with Gasteiger partial charge in [0, 0.05) is 43.2 Å². The highest BCUT2D eigenvalue weighted by atomic mass is 32.2. The van der Waals surface area contributed by atoms with Crippen molar-refractivity contribution in [2.24, 2.45) is 0 Å². The first-order valence-corrected chi connectivity index (χ1v) is 13.5. The van der Waals surface area contributed by atoms with E-state index in [0.29, 0.717) is 12.3 Å². The largest absolute Gasteiger partial charge is 0.345 e.